The Bertz CT molecular complexity index is 1210. The van der Waals surface area contributed by atoms with E-state index in [0.717, 1.165) is 0 Å². The summed E-state index contributed by atoms with van der Waals surface area (Å²) in [5, 5.41) is 11.9. The molecule has 32 heavy (non-hydrogen) atoms. The van der Waals surface area contributed by atoms with E-state index in [1.54, 1.807) is 55.6 Å². The zero-order chi connectivity index (χ0) is 23.0. The number of hydrogen-bond donors (Lipinski definition) is 1. The fourth-order valence-electron chi connectivity index (χ4n) is 3.82. The summed E-state index contributed by atoms with van der Waals surface area (Å²) in [6, 6.07) is 12.9. The fourth-order valence-corrected chi connectivity index (χ4v) is 4.00. The highest BCUT2D eigenvalue weighted by atomic mass is 35.5. The Labute approximate surface area is 190 Å². The molecule has 1 amide bonds. The molecule has 0 spiro atoms. The second-order valence-corrected chi connectivity index (χ2v) is 8.30. The Hall–Kier alpha value is -3.29. The molecule has 2 aromatic carbocycles. The number of benzene rings is 2. The van der Waals surface area contributed by atoms with Crippen LogP contribution in [0.2, 0.25) is 5.02 Å². The number of aliphatic hydroxyl groups is 1. The molecule has 0 fully saturated rings. The van der Waals surface area contributed by atoms with Gasteiger partial charge in [0.15, 0.2) is 11.5 Å². The SMILES string of the molecule is COc1ccc(C2C(C(=O)c3cc4cc(Cl)ccc4o3)=C(O)C(=O)N2CCN(C)C)cc1. The second kappa shape index (κ2) is 8.68. The van der Waals surface area contributed by atoms with Crippen LogP contribution in [0, 0.1) is 0 Å². The molecule has 7 nitrogen and oxygen atoms in total. The summed E-state index contributed by atoms with van der Waals surface area (Å²) >= 11 is 6.04. The largest absolute Gasteiger partial charge is 0.503 e. The van der Waals surface area contributed by atoms with Crippen molar-refractivity contribution in [2.24, 2.45) is 0 Å². The van der Waals surface area contributed by atoms with Crippen LogP contribution < -0.4 is 4.74 Å². The van der Waals surface area contributed by atoms with Gasteiger partial charge in [0.1, 0.15) is 11.3 Å². The summed E-state index contributed by atoms with van der Waals surface area (Å²) in [5.74, 6) is -1.02. The topological polar surface area (TPSA) is 83.2 Å². The molecule has 1 unspecified atom stereocenters. The minimum Gasteiger partial charge on any atom is -0.503 e. The molecule has 1 aromatic heterocycles. The molecule has 1 N–H and O–H groups in total. The van der Waals surface area contributed by atoms with Crippen molar-refractivity contribution in [3.63, 3.8) is 0 Å². The van der Waals surface area contributed by atoms with Crippen LogP contribution >= 0.6 is 11.6 Å². The van der Waals surface area contributed by atoms with Crippen molar-refractivity contribution in [3.8, 4) is 5.75 Å². The van der Waals surface area contributed by atoms with E-state index in [4.69, 9.17) is 20.8 Å². The number of Topliss-reactive ketones (excluding diaryl/α,β-unsaturated/α-hetero) is 1. The average molecular weight is 455 g/mol. The Balaban J connectivity index is 1.78. The van der Waals surface area contributed by atoms with Crippen LogP contribution in [-0.2, 0) is 4.79 Å². The Kier molecular flexibility index (Phi) is 5.95. The molecular formula is C24H23ClN2O5. The van der Waals surface area contributed by atoms with E-state index < -0.39 is 23.5 Å². The van der Waals surface area contributed by atoms with Gasteiger partial charge in [-0.3, -0.25) is 9.59 Å². The molecular weight excluding hydrogens is 432 g/mol. The lowest BCUT2D eigenvalue weighted by molar-refractivity contribution is -0.129. The van der Waals surface area contributed by atoms with Crippen molar-refractivity contribution in [1.82, 2.24) is 9.80 Å². The Morgan fingerprint density at radius 1 is 1.19 bits per heavy atom. The minimum atomic E-state index is -0.752. The second-order valence-electron chi connectivity index (χ2n) is 7.86. The Morgan fingerprint density at radius 3 is 2.56 bits per heavy atom. The van der Waals surface area contributed by atoms with Crippen LogP contribution in [0.4, 0.5) is 0 Å². The van der Waals surface area contributed by atoms with Crippen LogP contribution in [0.25, 0.3) is 11.0 Å². The maximum atomic E-state index is 13.5. The number of halogens is 1. The smallest absolute Gasteiger partial charge is 0.290 e. The first kappa shape index (κ1) is 21.9. The molecule has 0 saturated heterocycles. The summed E-state index contributed by atoms with van der Waals surface area (Å²) in [6.07, 6.45) is 0. The highest BCUT2D eigenvalue weighted by molar-refractivity contribution is 6.31. The number of furan rings is 1. The number of likely N-dealkylation sites (N-methyl/N-ethyl adjacent to an activating group) is 1. The van der Waals surface area contributed by atoms with E-state index in [0.29, 0.717) is 40.4 Å². The summed E-state index contributed by atoms with van der Waals surface area (Å²) in [5.41, 5.74) is 1.17. The fraction of sp³-hybridized carbons (Fsp3) is 0.250. The first-order valence-electron chi connectivity index (χ1n) is 10.1. The van der Waals surface area contributed by atoms with Crippen molar-refractivity contribution in [2.75, 3.05) is 34.3 Å². The lowest BCUT2D eigenvalue weighted by atomic mass is 9.95. The third-order valence-corrected chi connectivity index (χ3v) is 5.71. The van der Waals surface area contributed by atoms with Gasteiger partial charge >= 0.3 is 0 Å². The standard InChI is InChI=1S/C24H23ClN2O5/c1-26(2)10-11-27-21(14-4-7-17(31-3)8-5-14)20(23(29)24(27)30)22(28)19-13-15-12-16(25)6-9-18(15)32-19/h4-9,12-13,21,29H,10-11H2,1-3H3. The zero-order valence-corrected chi connectivity index (χ0v) is 18.7. The molecule has 1 aliphatic heterocycles. The van der Waals surface area contributed by atoms with Gasteiger partial charge in [-0.05, 0) is 56.1 Å². The van der Waals surface area contributed by atoms with E-state index in [2.05, 4.69) is 0 Å². The van der Waals surface area contributed by atoms with Gasteiger partial charge in [0.2, 0.25) is 5.78 Å². The molecule has 4 rings (SSSR count). The first-order chi connectivity index (χ1) is 15.3. The molecule has 1 aliphatic rings. The Morgan fingerprint density at radius 2 is 1.91 bits per heavy atom. The third kappa shape index (κ3) is 3.97. The van der Waals surface area contributed by atoms with E-state index in [1.807, 2.05) is 19.0 Å². The maximum Gasteiger partial charge on any atom is 0.290 e. The van der Waals surface area contributed by atoms with Crippen molar-refractivity contribution in [2.45, 2.75) is 6.04 Å². The van der Waals surface area contributed by atoms with Gasteiger partial charge in [-0.2, -0.15) is 0 Å². The van der Waals surface area contributed by atoms with Crippen molar-refractivity contribution < 1.29 is 23.8 Å². The first-order valence-corrected chi connectivity index (χ1v) is 10.4. The third-order valence-electron chi connectivity index (χ3n) is 5.47. The molecule has 0 bridgehead atoms. The summed E-state index contributed by atoms with van der Waals surface area (Å²) in [6.45, 7) is 0.898. The number of carbonyl (C=O) groups excluding carboxylic acids is 2. The zero-order valence-electron chi connectivity index (χ0n) is 18.0. The molecule has 3 aromatic rings. The number of rotatable bonds is 7. The molecule has 0 saturated carbocycles. The van der Waals surface area contributed by atoms with Crippen LogP contribution in [0.5, 0.6) is 5.75 Å². The molecule has 0 aliphatic carbocycles. The quantitative estimate of drug-likeness (QED) is 0.538. The maximum absolute atomic E-state index is 13.5. The van der Waals surface area contributed by atoms with E-state index >= 15 is 0 Å². The number of carbonyl (C=O) groups is 2. The lowest BCUT2D eigenvalue weighted by Gasteiger charge is -2.28. The number of hydrogen-bond acceptors (Lipinski definition) is 6. The molecule has 1 atom stereocenters. The van der Waals surface area contributed by atoms with Gasteiger partial charge in [-0.25, -0.2) is 0 Å². The highest BCUT2D eigenvalue weighted by Crippen LogP contribution is 2.40. The number of amides is 1. The highest BCUT2D eigenvalue weighted by Gasteiger charge is 2.44. The summed E-state index contributed by atoms with van der Waals surface area (Å²) in [4.78, 5) is 29.9. The predicted molar refractivity (Wildman–Crippen MR) is 121 cm³/mol. The van der Waals surface area contributed by atoms with E-state index in [9.17, 15) is 14.7 Å². The lowest BCUT2D eigenvalue weighted by Crippen LogP contribution is -2.36. The number of ether oxygens (including phenoxy) is 1. The molecule has 166 valence electrons. The van der Waals surface area contributed by atoms with Gasteiger partial charge in [-0.1, -0.05) is 23.7 Å². The molecule has 2 heterocycles. The average Bonchev–Trinajstić information content (AvgIpc) is 3.30. The van der Waals surface area contributed by atoms with Gasteiger partial charge in [-0.15, -0.1) is 0 Å². The van der Waals surface area contributed by atoms with Crippen LogP contribution in [0.1, 0.15) is 22.2 Å². The number of aliphatic hydroxyl groups excluding tert-OH is 1. The van der Waals surface area contributed by atoms with Crippen molar-refractivity contribution in [3.05, 3.63) is 76.2 Å². The number of nitrogens with zero attached hydrogens (tertiary/aromatic N) is 2. The van der Waals surface area contributed by atoms with Crippen LogP contribution in [0.15, 0.2) is 64.3 Å². The summed E-state index contributed by atoms with van der Waals surface area (Å²) in [7, 11) is 5.34. The normalized spacial score (nSPS) is 16.5. The van der Waals surface area contributed by atoms with Crippen LogP contribution in [0.3, 0.4) is 0 Å². The summed E-state index contributed by atoms with van der Waals surface area (Å²) < 4.78 is 10.9. The van der Waals surface area contributed by atoms with Gasteiger partial charge < -0.3 is 24.1 Å². The van der Waals surface area contributed by atoms with Crippen molar-refractivity contribution in [1.29, 1.82) is 0 Å². The van der Waals surface area contributed by atoms with E-state index in [-0.39, 0.29) is 11.3 Å². The minimum absolute atomic E-state index is 0.0101. The molecule has 8 heteroatoms. The number of methoxy groups -OCH3 is 1. The van der Waals surface area contributed by atoms with Crippen molar-refractivity contribution >= 4 is 34.3 Å². The van der Waals surface area contributed by atoms with Crippen LogP contribution in [-0.4, -0.2) is 60.9 Å². The predicted octanol–water partition coefficient (Wildman–Crippen LogP) is 4.23. The van der Waals surface area contributed by atoms with Gasteiger partial charge in [0.25, 0.3) is 5.91 Å². The number of fused-ring (bicyclic) bond motifs is 1. The molecule has 0 radical (unpaired) electrons. The van der Waals surface area contributed by atoms with Gasteiger partial charge in [0.05, 0.1) is 18.7 Å². The van der Waals surface area contributed by atoms with Gasteiger partial charge in [0, 0.05) is 23.5 Å². The monoisotopic (exact) mass is 454 g/mol. The van der Waals surface area contributed by atoms with E-state index in [1.165, 1.54) is 4.90 Å². The number of ketones is 1.